The maximum atomic E-state index is 5.25. The maximum absolute atomic E-state index is 5.25. The molecule has 8 heteroatoms. The molecule has 90 valence electrons. The van der Waals surface area contributed by atoms with Crippen molar-refractivity contribution < 1.29 is 0 Å². The van der Waals surface area contributed by atoms with Gasteiger partial charge in [0.25, 0.3) is 0 Å². The van der Waals surface area contributed by atoms with Gasteiger partial charge in [0.1, 0.15) is 18.0 Å². The lowest BCUT2D eigenvalue weighted by atomic mass is 10.4. The highest BCUT2D eigenvalue weighted by Gasteiger charge is 1.97. The van der Waals surface area contributed by atoms with Crippen LogP contribution in [0, 0.1) is 0 Å². The fourth-order valence-corrected chi connectivity index (χ4v) is 1.34. The van der Waals surface area contributed by atoms with E-state index in [4.69, 9.17) is 5.84 Å². The summed E-state index contributed by atoms with van der Waals surface area (Å²) in [7, 11) is 0. The predicted octanol–water partition coefficient (Wildman–Crippen LogP) is -0.144. The molecular formula is C9H14N8. The predicted molar refractivity (Wildman–Crippen MR) is 63.0 cm³/mol. The van der Waals surface area contributed by atoms with E-state index in [9.17, 15) is 0 Å². The summed E-state index contributed by atoms with van der Waals surface area (Å²) in [6.07, 6.45) is 5.88. The first kappa shape index (κ1) is 11.3. The lowest BCUT2D eigenvalue weighted by Crippen LogP contribution is -2.11. The third-order valence-corrected chi connectivity index (χ3v) is 2.16. The molecule has 8 nitrogen and oxygen atoms in total. The van der Waals surface area contributed by atoms with Gasteiger partial charge in [0.2, 0.25) is 0 Å². The second kappa shape index (κ2) is 5.75. The Labute approximate surface area is 98.2 Å². The topological polar surface area (TPSA) is 107 Å². The summed E-state index contributed by atoms with van der Waals surface area (Å²) in [6.45, 7) is 1.61. The van der Waals surface area contributed by atoms with Crippen LogP contribution in [0.1, 0.15) is 6.42 Å². The van der Waals surface area contributed by atoms with E-state index in [1.165, 1.54) is 6.33 Å². The molecule has 0 bridgehead atoms. The zero-order chi connectivity index (χ0) is 11.9. The Morgan fingerprint density at radius 1 is 1.29 bits per heavy atom. The summed E-state index contributed by atoms with van der Waals surface area (Å²) < 4.78 is 1.79. The molecule has 4 N–H and O–H groups in total. The summed E-state index contributed by atoms with van der Waals surface area (Å²) in [5, 5.41) is 10.8. The Morgan fingerprint density at radius 3 is 2.94 bits per heavy atom. The van der Waals surface area contributed by atoms with Crippen LogP contribution in [0.2, 0.25) is 0 Å². The van der Waals surface area contributed by atoms with Crippen molar-refractivity contribution in [2.75, 3.05) is 17.3 Å². The summed E-state index contributed by atoms with van der Waals surface area (Å²) >= 11 is 0. The fourth-order valence-electron chi connectivity index (χ4n) is 1.34. The summed E-state index contributed by atoms with van der Waals surface area (Å²) in [6, 6.07) is 1.75. The van der Waals surface area contributed by atoms with Crippen LogP contribution >= 0.6 is 0 Å². The van der Waals surface area contributed by atoms with Crippen molar-refractivity contribution in [1.82, 2.24) is 25.0 Å². The number of nitrogen functional groups attached to an aromatic ring is 1. The second-order valence-corrected chi connectivity index (χ2v) is 3.38. The van der Waals surface area contributed by atoms with Crippen LogP contribution in [0.5, 0.6) is 0 Å². The Balaban J connectivity index is 1.74. The van der Waals surface area contributed by atoms with Gasteiger partial charge >= 0.3 is 0 Å². The minimum absolute atomic E-state index is 0.582. The number of hydrogen-bond acceptors (Lipinski definition) is 7. The van der Waals surface area contributed by atoms with Crippen molar-refractivity contribution in [3.05, 3.63) is 24.8 Å². The Kier molecular flexibility index (Phi) is 3.81. The Hall–Kier alpha value is -2.22. The standard InChI is InChI=1S/C9H14N8/c10-15-9-6-8(12-7-13-9)11-2-1-4-17-5-3-14-16-17/h3,5-7H,1-2,4,10H2,(H2,11,12,13,15). The van der Waals surface area contributed by atoms with E-state index in [1.807, 2.05) is 6.20 Å². The normalized spacial score (nSPS) is 10.2. The molecular weight excluding hydrogens is 220 g/mol. The molecule has 2 heterocycles. The highest BCUT2D eigenvalue weighted by atomic mass is 15.4. The largest absolute Gasteiger partial charge is 0.370 e. The van der Waals surface area contributed by atoms with Gasteiger partial charge in [0.05, 0.1) is 6.20 Å². The molecule has 0 amide bonds. The first-order valence-electron chi connectivity index (χ1n) is 5.25. The number of hydrogen-bond donors (Lipinski definition) is 3. The van der Waals surface area contributed by atoms with Crippen molar-refractivity contribution in [1.29, 1.82) is 0 Å². The van der Waals surface area contributed by atoms with E-state index < -0.39 is 0 Å². The first-order chi connectivity index (χ1) is 8.38. The van der Waals surface area contributed by atoms with E-state index in [2.05, 4.69) is 31.0 Å². The van der Waals surface area contributed by atoms with Crippen molar-refractivity contribution in [3.63, 3.8) is 0 Å². The van der Waals surface area contributed by atoms with Crippen LogP contribution in [0.3, 0.4) is 0 Å². The molecule has 2 rings (SSSR count). The second-order valence-electron chi connectivity index (χ2n) is 3.38. The van der Waals surface area contributed by atoms with Crippen molar-refractivity contribution >= 4 is 11.6 Å². The number of rotatable bonds is 6. The smallest absolute Gasteiger partial charge is 0.145 e. The van der Waals surface area contributed by atoms with Gasteiger partial charge < -0.3 is 10.7 Å². The third kappa shape index (κ3) is 3.38. The Bertz CT molecular complexity index is 440. The number of hydrazine groups is 1. The van der Waals surface area contributed by atoms with E-state index >= 15 is 0 Å². The van der Waals surface area contributed by atoms with E-state index in [0.29, 0.717) is 5.82 Å². The van der Waals surface area contributed by atoms with Crippen LogP contribution < -0.4 is 16.6 Å². The van der Waals surface area contributed by atoms with Gasteiger partial charge in [-0.2, -0.15) is 0 Å². The van der Waals surface area contributed by atoms with Crippen LogP contribution in [-0.4, -0.2) is 31.5 Å². The van der Waals surface area contributed by atoms with Gasteiger partial charge in [-0.25, -0.2) is 15.8 Å². The van der Waals surface area contributed by atoms with Gasteiger partial charge in [0, 0.05) is 25.4 Å². The minimum Gasteiger partial charge on any atom is -0.370 e. The minimum atomic E-state index is 0.582. The molecule has 0 aliphatic heterocycles. The molecule has 0 radical (unpaired) electrons. The highest BCUT2D eigenvalue weighted by molar-refractivity contribution is 5.45. The molecule has 17 heavy (non-hydrogen) atoms. The zero-order valence-electron chi connectivity index (χ0n) is 9.24. The fraction of sp³-hybridized carbons (Fsp3) is 0.333. The van der Waals surface area contributed by atoms with Crippen LogP contribution in [0.15, 0.2) is 24.8 Å². The molecule has 0 aliphatic rings. The van der Waals surface area contributed by atoms with E-state index in [-0.39, 0.29) is 0 Å². The van der Waals surface area contributed by atoms with E-state index in [1.54, 1.807) is 16.9 Å². The van der Waals surface area contributed by atoms with Gasteiger partial charge in [-0.05, 0) is 6.42 Å². The summed E-state index contributed by atoms with van der Waals surface area (Å²) in [5.74, 6) is 6.58. The number of nitrogens with two attached hydrogens (primary N) is 1. The number of aryl methyl sites for hydroxylation is 1. The molecule has 0 aliphatic carbocycles. The molecule has 0 spiro atoms. The average molecular weight is 234 g/mol. The summed E-state index contributed by atoms with van der Waals surface area (Å²) in [5.41, 5.74) is 2.47. The average Bonchev–Trinajstić information content (AvgIpc) is 2.88. The molecule has 0 saturated heterocycles. The third-order valence-electron chi connectivity index (χ3n) is 2.16. The van der Waals surface area contributed by atoms with Crippen LogP contribution in [-0.2, 0) is 6.54 Å². The number of anilines is 2. The van der Waals surface area contributed by atoms with Crippen molar-refractivity contribution in [2.45, 2.75) is 13.0 Å². The molecule has 0 aromatic carbocycles. The zero-order valence-corrected chi connectivity index (χ0v) is 9.24. The first-order valence-corrected chi connectivity index (χ1v) is 5.25. The molecule has 2 aromatic rings. The van der Waals surface area contributed by atoms with Crippen LogP contribution in [0.4, 0.5) is 11.6 Å². The lowest BCUT2D eigenvalue weighted by Gasteiger charge is -2.06. The molecule has 0 unspecified atom stereocenters. The SMILES string of the molecule is NNc1cc(NCCCn2ccnn2)ncn1. The molecule has 2 aromatic heterocycles. The number of nitrogens with one attached hydrogen (secondary N) is 2. The van der Waals surface area contributed by atoms with Crippen molar-refractivity contribution in [3.8, 4) is 0 Å². The quantitative estimate of drug-likeness (QED) is 0.362. The number of nitrogens with zero attached hydrogens (tertiary/aromatic N) is 5. The monoisotopic (exact) mass is 234 g/mol. The van der Waals surface area contributed by atoms with Gasteiger partial charge in [-0.15, -0.1) is 5.10 Å². The van der Waals surface area contributed by atoms with Gasteiger partial charge in [-0.3, -0.25) is 4.68 Å². The number of aromatic nitrogens is 5. The van der Waals surface area contributed by atoms with Crippen molar-refractivity contribution in [2.24, 2.45) is 5.84 Å². The van der Waals surface area contributed by atoms with Crippen LogP contribution in [0.25, 0.3) is 0 Å². The molecule has 0 fully saturated rings. The van der Waals surface area contributed by atoms with E-state index in [0.717, 1.165) is 25.3 Å². The Morgan fingerprint density at radius 2 is 2.18 bits per heavy atom. The maximum Gasteiger partial charge on any atom is 0.145 e. The lowest BCUT2D eigenvalue weighted by molar-refractivity contribution is 0.569. The van der Waals surface area contributed by atoms with Gasteiger partial charge in [-0.1, -0.05) is 5.21 Å². The van der Waals surface area contributed by atoms with Gasteiger partial charge in [0.15, 0.2) is 0 Å². The summed E-state index contributed by atoms with van der Waals surface area (Å²) in [4.78, 5) is 7.99. The molecule has 0 atom stereocenters. The molecule has 0 saturated carbocycles. The highest BCUT2D eigenvalue weighted by Crippen LogP contribution is 2.06.